The van der Waals surface area contributed by atoms with Crippen molar-refractivity contribution in [2.45, 2.75) is 17.2 Å². The first kappa shape index (κ1) is 16.6. The molecule has 0 spiro atoms. The summed E-state index contributed by atoms with van der Waals surface area (Å²) in [5, 5.41) is 3.27. The normalized spacial score (nSPS) is 16.8. The van der Waals surface area contributed by atoms with E-state index in [-0.39, 0.29) is 16.7 Å². The van der Waals surface area contributed by atoms with E-state index >= 15 is 0 Å². The zero-order chi connectivity index (χ0) is 14.0. The summed E-state index contributed by atoms with van der Waals surface area (Å²) >= 11 is 1.22. The molecule has 0 atom stereocenters. The first-order chi connectivity index (χ1) is 9.65. The van der Waals surface area contributed by atoms with E-state index in [1.807, 2.05) is 24.3 Å². The Morgan fingerprint density at radius 3 is 2.71 bits per heavy atom. The number of nitrogens with one attached hydrogen (secondary N) is 2. The highest BCUT2D eigenvalue weighted by atomic mass is 35.5. The van der Waals surface area contributed by atoms with E-state index < -0.39 is 10.0 Å². The Bertz CT molecular complexity index is 663. The number of halogens is 1. The molecule has 0 radical (unpaired) electrons. The number of hydrogen-bond donors (Lipinski definition) is 2. The van der Waals surface area contributed by atoms with Gasteiger partial charge in [-0.05, 0) is 44.0 Å². The molecule has 0 saturated carbocycles. The molecule has 2 N–H and O–H groups in total. The molecule has 1 saturated heterocycles. The van der Waals surface area contributed by atoms with Crippen LogP contribution in [0.2, 0.25) is 0 Å². The van der Waals surface area contributed by atoms with Crippen LogP contribution in [0.3, 0.4) is 0 Å². The van der Waals surface area contributed by atoms with Gasteiger partial charge in [0.25, 0.3) is 10.0 Å². The third-order valence-corrected chi connectivity index (χ3v) is 6.36. The number of hydrogen-bond acceptors (Lipinski definition) is 5. The zero-order valence-corrected chi connectivity index (χ0v) is 13.9. The van der Waals surface area contributed by atoms with Gasteiger partial charge in [-0.2, -0.15) is 0 Å². The lowest BCUT2D eigenvalue weighted by Gasteiger charge is -2.22. The van der Waals surface area contributed by atoms with Gasteiger partial charge in [-0.1, -0.05) is 12.1 Å². The molecule has 116 valence electrons. The van der Waals surface area contributed by atoms with Crippen molar-refractivity contribution >= 4 is 44.0 Å². The number of fused-ring (bicyclic) bond motifs is 1. The molecule has 0 aliphatic carbocycles. The van der Waals surface area contributed by atoms with Crippen molar-refractivity contribution in [2.24, 2.45) is 5.92 Å². The maximum atomic E-state index is 12.3. The van der Waals surface area contributed by atoms with E-state index in [1.165, 1.54) is 11.3 Å². The second-order valence-corrected chi connectivity index (χ2v) is 7.96. The minimum absolute atomic E-state index is 0. The van der Waals surface area contributed by atoms with Crippen LogP contribution in [0.5, 0.6) is 0 Å². The molecule has 2 aromatic rings. The van der Waals surface area contributed by atoms with Gasteiger partial charge in [0.05, 0.1) is 10.2 Å². The first-order valence-corrected chi connectivity index (χ1v) is 9.01. The summed E-state index contributed by atoms with van der Waals surface area (Å²) in [7, 11) is -3.48. The van der Waals surface area contributed by atoms with E-state index in [1.54, 1.807) is 0 Å². The van der Waals surface area contributed by atoms with E-state index in [0.717, 1.165) is 36.1 Å². The lowest BCUT2D eigenvalue weighted by atomic mass is 9.99. The van der Waals surface area contributed by atoms with Crippen molar-refractivity contribution in [3.05, 3.63) is 24.3 Å². The van der Waals surface area contributed by atoms with E-state index in [0.29, 0.717) is 12.5 Å². The van der Waals surface area contributed by atoms with Crippen LogP contribution >= 0.6 is 23.7 Å². The average Bonchev–Trinajstić information content (AvgIpc) is 2.91. The Kier molecular flexibility index (Phi) is 5.56. The van der Waals surface area contributed by atoms with Crippen LogP contribution < -0.4 is 10.0 Å². The predicted molar refractivity (Wildman–Crippen MR) is 87.7 cm³/mol. The summed E-state index contributed by atoms with van der Waals surface area (Å²) in [6.07, 6.45) is 2.03. The molecule has 8 heteroatoms. The molecule has 1 aliphatic rings. The van der Waals surface area contributed by atoms with E-state index in [4.69, 9.17) is 0 Å². The molecule has 1 aliphatic heterocycles. The molecular weight excluding hydrogens is 330 g/mol. The smallest absolute Gasteiger partial charge is 0.267 e. The van der Waals surface area contributed by atoms with Crippen LogP contribution in [0, 0.1) is 5.92 Å². The van der Waals surface area contributed by atoms with Crippen LogP contribution in [0.15, 0.2) is 28.6 Å². The Morgan fingerprint density at radius 1 is 1.29 bits per heavy atom. The highest BCUT2D eigenvalue weighted by Gasteiger charge is 2.21. The van der Waals surface area contributed by atoms with Crippen molar-refractivity contribution in [3.8, 4) is 0 Å². The van der Waals surface area contributed by atoms with E-state index in [9.17, 15) is 8.42 Å². The number of piperidine rings is 1. The molecule has 0 bridgehead atoms. The highest BCUT2D eigenvalue weighted by Crippen LogP contribution is 2.25. The highest BCUT2D eigenvalue weighted by molar-refractivity contribution is 7.91. The Balaban J connectivity index is 0.00000161. The molecule has 3 rings (SSSR count). The maximum absolute atomic E-state index is 12.3. The number of benzene rings is 1. The summed E-state index contributed by atoms with van der Waals surface area (Å²) in [6.45, 7) is 2.43. The van der Waals surface area contributed by atoms with Crippen molar-refractivity contribution in [3.63, 3.8) is 0 Å². The van der Waals surface area contributed by atoms with Crippen LogP contribution in [0.25, 0.3) is 10.2 Å². The maximum Gasteiger partial charge on any atom is 0.267 e. The average molecular weight is 348 g/mol. The van der Waals surface area contributed by atoms with Gasteiger partial charge in [0, 0.05) is 6.54 Å². The topological polar surface area (TPSA) is 71.1 Å². The number of sulfonamides is 1. The molecule has 1 aromatic carbocycles. The second kappa shape index (κ2) is 7.02. The quantitative estimate of drug-likeness (QED) is 0.887. The molecule has 2 heterocycles. The van der Waals surface area contributed by atoms with Crippen molar-refractivity contribution < 1.29 is 8.42 Å². The number of thiazole rings is 1. The van der Waals surface area contributed by atoms with Gasteiger partial charge in [0.1, 0.15) is 0 Å². The monoisotopic (exact) mass is 347 g/mol. The van der Waals surface area contributed by atoms with Crippen LogP contribution in [-0.2, 0) is 10.0 Å². The van der Waals surface area contributed by atoms with Gasteiger partial charge < -0.3 is 5.32 Å². The number of aromatic nitrogens is 1. The number of nitrogens with zero attached hydrogens (tertiary/aromatic N) is 1. The summed E-state index contributed by atoms with van der Waals surface area (Å²) in [6, 6.07) is 7.47. The van der Waals surface area contributed by atoms with Crippen molar-refractivity contribution in [2.75, 3.05) is 19.6 Å². The van der Waals surface area contributed by atoms with Crippen molar-refractivity contribution in [1.82, 2.24) is 15.0 Å². The molecular formula is C13H18ClN3O2S2. The number of rotatable bonds is 4. The molecule has 1 aromatic heterocycles. The van der Waals surface area contributed by atoms with E-state index in [2.05, 4.69) is 15.0 Å². The Labute approximate surface area is 134 Å². The fraction of sp³-hybridized carbons (Fsp3) is 0.462. The van der Waals surface area contributed by atoms with Crippen molar-refractivity contribution in [1.29, 1.82) is 0 Å². The standard InChI is InChI=1S/C13H17N3O2S2.ClH/c17-20(18,15-9-10-5-7-14-8-6-10)13-16-11-3-1-2-4-12(11)19-13;/h1-4,10,14-15H,5-9H2;1H. The lowest BCUT2D eigenvalue weighted by molar-refractivity contribution is 0.372. The van der Waals surface area contributed by atoms with Gasteiger partial charge >= 0.3 is 0 Å². The summed E-state index contributed by atoms with van der Waals surface area (Å²) in [5.74, 6) is 0.417. The summed E-state index contributed by atoms with van der Waals surface area (Å²) in [4.78, 5) is 4.20. The minimum Gasteiger partial charge on any atom is -0.317 e. The Morgan fingerprint density at radius 2 is 2.00 bits per heavy atom. The second-order valence-electron chi connectivity index (χ2n) is 4.99. The third kappa shape index (κ3) is 3.92. The van der Waals surface area contributed by atoms with Crippen LogP contribution in [0.1, 0.15) is 12.8 Å². The molecule has 5 nitrogen and oxygen atoms in total. The first-order valence-electron chi connectivity index (χ1n) is 6.71. The van der Waals surface area contributed by atoms with Gasteiger partial charge in [0.2, 0.25) is 4.34 Å². The summed E-state index contributed by atoms with van der Waals surface area (Å²) < 4.78 is 28.3. The van der Waals surface area contributed by atoms with Gasteiger partial charge in [-0.25, -0.2) is 18.1 Å². The van der Waals surface area contributed by atoms with Crippen LogP contribution in [0.4, 0.5) is 0 Å². The fourth-order valence-electron chi connectivity index (χ4n) is 2.34. The predicted octanol–water partition coefficient (Wildman–Crippen LogP) is 2.00. The number of para-hydroxylation sites is 1. The SMILES string of the molecule is Cl.O=S(=O)(NCC1CCNCC1)c1nc2ccccc2s1. The molecule has 21 heavy (non-hydrogen) atoms. The van der Waals surface area contributed by atoms with Crippen LogP contribution in [-0.4, -0.2) is 33.0 Å². The summed E-state index contributed by atoms with van der Waals surface area (Å²) in [5.41, 5.74) is 0.736. The van der Waals surface area contributed by atoms with Gasteiger partial charge in [-0.3, -0.25) is 0 Å². The third-order valence-electron chi connectivity index (χ3n) is 3.52. The molecule has 0 unspecified atom stereocenters. The lowest BCUT2D eigenvalue weighted by Crippen LogP contribution is -2.35. The molecule has 1 fully saturated rings. The zero-order valence-electron chi connectivity index (χ0n) is 11.4. The Hall–Kier alpha value is -0.730. The minimum atomic E-state index is -3.48. The van der Waals surface area contributed by atoms with Gasteiger partial charge in [0.15, 0.2) is 0 Å². The molecule has 0 amide bonds. The fourth-order valence-corrected chi connectivity index (χ4v) is 4.72. The van der Waals surface area contributed by atoms with Gasteiger partial charge in [-0.15, -0.1) is 23.7 Å². The largest absolute Gasteiger partial charge is 0.317 e.